The Bertz CT molecular complexity index is 1190. The fraction of sp³-hybridized carbons (Fsp3) is 0.222. The van der Waals surface area contributed by atoms with Gasteiger partial charge in [0, 0.05) is 12.1 Å². The van der Waals surface area contributed by atoms with E-state index in [1.807, 2.05) is 66.7 Å². The molecule has 0 radical (unpaired) electrons. The van der Waals surface area contributed by atoms with Crippen LogP contribution in [0.3, 0.4) is 0 Å². The number of hydrogen-bond acceptors (Lipinski definition) is 4. The lowest BCUT2D eigenvalue weighted by Gasteiger charge is -2.28. The summed E-state index contributed by atoms with van der Waals surface area (Å²) in [6.07, 6.45) is 2.39. The number of nitrogens with one attached hydrogen (secondary N) is 1. The maximum absolute atomic E-state index is 13.4. The largest absolute Gasteiger partial charge is 0.349 e. The Kier molecular flexibility index (Phi) is 6.26. The maximum Gasteiger partial charge on any atom is 0.274 e. The number of amides is 1. The zero-order valence-corrected chi connectivity index (χ0v) is 18.5. The number of carbonyl (C=O) groups excluding carboxylic acids is 1. The molecule has 5 rings (SSSR count). The molecule has 1 amide bonds. The molecule has 4 aromatic rings. The Morgan fingerprint density at radius 1 is 0.848 bits per heavy atom. The topological polar surface area (TPSA) is 63.1 Å². The second kappa shape index (κ2) is 9.79. The second-order valence-corrected chi connectivity index (χ2v) is 8.28. The smallest absolute Gasteiger partial charge is 0.274 e. The van der Waals surface area contributed by atoms with Gasteiger partial charge in [-0.2, -0.15) is 0 Å². The Hall–Kier alpha value is -3.77. The Labute approximate surface area is 193 Å². The quantitative estimate of drug-likeness (QED) is 0.462. The van der Waals surface area contributed by atoms with Crippen molar-refractivity contribution < 1.29 is 4.79 Å². The number of carbonyl (C=O) groups is 1. The van der Waals surface area contributed by atoms with Crippen LogP contribution in [0.4, 0.5) is 0 Å². The molecule has 1 saturated heterocycles. The minimum absolute atomic E-state index is 0.141. The van der Waals surface area contributed by atoms with Crippen LogP contribution in [-0.4, -0.2) is 45.4 Å². The lowest BCUT2D eigenvalue weighted by molar-refractivity contribution is 0.0933. The average Bonchev–Trinajstić information content (AvgIpc) is 3.57. The zero-order chi connectivity index (χ0) is 22.5. The van der Waals surface area contributed by atoms with E-state index in [1.165, 1.54) is 18.4 Å². The normalized spacial score (nSPS) is 14.8. The molecule has 1 aromatic heterocycles. The molecule has 0 aliphatic carbocycles. The zero-order valence-electron chi connectivity index (χ0n) is 18.5. The first-order valence-corrected chi connectivity index (χ1v) is 11.4. The molecule has 0 bridgehead atoms. The lowest BCUT2D eigenvalue weighted by Crippen LogP contribution is -2.37. The number of para-hydroxylation sites is 1. The van der Waals surface area contributed by atoms with E-state index >= 15 is 0 Å². The van der Waals surface area contributed by atoms with E-state index in [0.717, 1.165) is 24.3 Å². The van der Waals surface area contributed by atoms with Gasteiger partial charge in [-0.3, -0.25) is 9.69 Å². The van der Waals surface area contributed by atoms with Gasteiger partial charge in [0.05, 0.1) is 11.7 Å². The SMILES string of the molecule is O=C(NCC(c1ccccc1)N1CCCC1)c1nnn(-c2ccccc2)c1-c1ccccc1. The van der Waals surface area contributed by atoms with Crippen molar-refractivity contribution in [2.24, 2.45) is 0 Å². The number of benzene rings is 3. The van der Waals surface area contributed by atoms with Crippen LogP contribution >= 0.6 is 0 Å². The molecule has 1 atom stereocenters. The van der Waals surface area contributed by atoms with Crippen LogP contribution in [0.2, 0.25) is 0 Å². The van der Waals surface area contributed by atoms with Gasteiger partial charge in [0.25, 0.3) is 5.91 Å². The summed E-state index contributed by atoms with van der Waals surface area (Å²) in [6, 6.07) is 30.2. The van der Waals surface area contributed by atoms with E-state index in [-0.39, 0.29) is 11.9 Å². The summed E-state index contributed by atoms with van der Waals surface area (Å²) in [5.41, 5.74) is 4.00. The van der Waals surface area contributed by atoms with Gasteiger partial charge < -0.3 is 5.32 Å². The molecule has 1 aliphatic heterocycles. The fourth-order valence-corrected chi connectivity index (χ4v) is 4.50. The monoisotopic (exact) mass is 437 g/mol. The third kappa shape index (κ3) is 4.56. The van der Waals surface area contributed by atoms with Gasteiger partial charge in [0.1, 0.15) is 5.69 Å². The first-order chi connectivity index (χ1) is 16.3. The summed E-state index contributed by atoms with van der Waals surface area (Å²) in [6.45, 7) is 2.62. The highest BCUT2D eigenvalue weighted by molar-refractivity contribution is 5.98. The van der Waals surface area contributed by atoms with Crippen LogP contribution in [0.25, 0.3) is 16.9 Å². The third-order valence-corrected chi connectivity index (χ3v) is 6.16. The summed E-state index contributed by atoms with van der Waals surface area (Å²) >= 11 is 0. The molecule has 1 N–H and O–H groups in total. The van der Waals surface area contributed by atoms with E-state index in [4.69, 9.17) is 0 Å². The molecular weight excluding hydrogens is 410 g/mol. The minimum Gasteiger partial charge on any atom is -0.349 e. The highest BCUT2D eigenvalue weighted by atomic mass is 16.2. The van der Waals surface area contributed by atoms with Crippen LogP contribution in [0.5, 0.6) is 0 Å². The molecule has 6 heteroatoms. The summed E-state index contributed by atoms with van der Waals surface area (Å²) in [5.74, 6) is -0.212. The van der Waals surface area contributed by atoms with Gasteiger partial charge in [0.2, 0.25) is 0 Å². The van der Waals surface area contributed by atoms with Gasteiger partial charge in [-0.15, -0.1) is 5.10 Å². The van der Waals surface area contributed by atoms with Crippen molar-refractivity contribution in [1.82, 2.24) is 25.2 Å². The lowest BCUT2D eigenvalue weighted by atomic mass is 10.1. The summed E-state index contributed by atoms with van der Waals surface area (Å²) in [5, 5.41) is 11.8. The summed E-state index contributed by atoms with van der Waals surface area (Å²) in [4.78, 5) is 15.8. The number of hydrogen-bond donors (Lipinski definition) is 1. The molecule has 1 aliphatic rings. The molecule has 6 nitrogen and oxygen atoms in total. The average molecular weight is 438 g/mol. The highest BCUT2D eigenvalue weighted by Crippen LogP contribution is 2.27. The van der Waals surface area contributed by atoms with Crippen molar-refractivity contribution in [2.75, 3.05) is 19.6 Å². The van der Waals surface area contributed by atoms with E-state index in [0.29, 0.717) is 17.9 Å². The van der Waals surface area contributed by atoms with Crippen LogP contribution in [-0.2, 0) is 0 Å². The maximum atomic E-state index is 13.4. The van der Waals surface area contributed by atoms with Gasteiger partial charge in [0.15, 0.2) is 5.69 Å². The van der Waals surface area contributed by atoms with Gasteiger partial charge in [-0.1, -0.05) is 84.1 Å². The van der Waals surface area contributed by atoms with Crippen molar-refractivity contribution in [1.29, 1.82) is 0 Å². The summed E-state index contributed by atoms with van der Waals surface area (Å²) in [7, 11) is 0. The molecule has 1 fully saturated rings. The predicted octanol–water partition coefficient (Wildman–Crippen LogP) is 4.50. The Morgan fingerprint density at radius 2 is 1.45 bits per heavy atom. The first-order valence-electron chi connectivity index (χ1n) is 11.4. The standard InChI is InChI=1S/C27H27N5O/c33-27(28-20-24(31-18-10-11-19-31)21-12-4-1-5-13-21)25-26(22-14-6-2-7-15-22)32(30-29-25)23-16-8-3-9-17-23/h1-9,12-17,24H,10-11,18-20H2,(H,28,33). The van der Waals surface area contributed by atoms with Crippen LogP contribution in [0, 0.1) is 0 Å². The van der Waals surface area contributed by atoms with E-state index in [2.05, 4.69) is 44.8 Å². The highest BCUT2D eigenvalue weighted by Gasteiger charge is 2.26. The minimum atomic E-state index is -0.212. The van der Waals surface area contributed by atoms with Crippen molar-refractivity contribution in [3.8, 4) is 16.9 Å². The van der Waals surface area contributed by atoms with Crippen molar-refractivity contribution in [2.45, 2.75) is 18.9 Å². The molecule has 33 heavy (non-hydrogen) atoms. The number of nitrogens with zero attached hydrogens (tertiary/aromatic N) is 4. The van der Waals surface area contributed by atoms with Crippen molar-refractivity contribution in [3.63, 3.8) is 0 Å². The van der Waals surface area contributed by atoms with Crippen molar-refractivity contribution >= 4 is 5.91 Å². The van der Waals surface area contributed by atoms with Crippen molar-refractivity contribution in [3.05, 3.63) is 102 Å². The number of aromatic nitrogens is 3. The molecule has 1 unspecified atom stereocenters. The Balaban J connectivity index is 1.44. The molecule has 0 saturated carbocycles. The van der Waals surface area contributed by atoms with Gasteiger partial charge >= 0.3 is 0 Å². The van der Waals surface area contributed by atoms with Crippen LogP contribution in [0.15, 0.2) is 91.0 Å². The molecular formula is C27H27N5O. The number of rotatable bonds is 7. The summed E-state index contributed by atoms with van der Waals surface area (Å²) < 4.78 is 1.74. The molecule has 0 spiro atoms. The first kappa shape index (κ1) is 21.1. The fourth-order valence-electron chi connectivity index (χ4n) is 4.50. The molecule has 166 valence electrons. The van der Waals surface area contributed by atoms with Crippen LogP contribution in [0.1, 0.15) is 34.9 Å². The van der Waals surface area contributed by atoms with Gasteiger partial charge in [-0.05, 0) is 43.6 Å². The number of likely N-dealkylation sites (tertiary alicyclic amines) is 1. The molecule has 3 aromatic carbocycles. The van der Waals surface area contributed by atoms with E-state index in [1.54, 1.807) is 4.68 Å². The van der Waals surface area contributed by atoms with E-state index < -0.39 is 0 Å². The Morgan fingerprint density at radius 3 is 2.12 bits per heavy atom. The van der Waals surface area contributed by atoms with E-state index in [9.17, 15) is 4.79 Å². The van der Waals surface area contributed by atoms with Crippen LogP contribution < -0.4 is 5.32 Å². The van der Waals surface area contributed by atoms with Gasteiger partial charge in [-0.25, -0.2) is 4.68 Å². The second-order valence-electron chi connectivity index (χ2n) is 8.28. The molecule has 2 heterocycles. The predicted molar refractivity (Wildman–Crippen MR) is 129 cm³/mol. The third-order valence-electron chi connectivity index (χ3n) is 6.16.